The van der Waals surface area contributed by atoms with Crippen molar-refractivity contribution in [3.8, 4) is 11.5 Å². The molecule has 0 aliphatic carbocycles. The second-order valence-electron chi connectivity index (χ2n) is 3.18. The minimum Gasteiger partial charge on any atom is -0.334 e. The molecule has 0 radical (unpaired) electrons. The van der Waals surface area contributed by atoms with Crippen molar-refractivity contribution in [1.82, 2.24) is 10.1 Å². The number of nitrogens with zero attached hydrogens (tertiary/aromatic N) is 2. The Bertz CT molecular complexity index is 434. The SMILES string of the molecule is CCc1noc(-c2ccccc2C)n1. The minimum absolute atomic E-state index is 0.611. The van der Waals surface area contributed by atoms with Gasteiger partial charge in [-0.1, -0.05) is 30.3 Å². The van der Waals surface area contributed by atoms with Crippen LogP contribution in [0.4, 0.5) is 0 Å². The lowest BCUT2D eigenvalue weighted by Gasteiger charge is -1.97. The average molecular weight is 188 g/mol. The first kappa shape index (κ1) is 8.94. The molecule has 72 valence electrons. The zero-order valence-electron chi connectivity index (χ0n) is 8.32. The van der Waals surface area contributed by atoms with Crippen molar-refractivity contribution in [3.63, 3.8) is 0 Å². The van der Waals surface area contributed by atoms with Crippen molar-refractivity contribution in [2.24, 2.45) is 0 Å². The van der Waals surface area contributed by atoms with E-state index in [9.17, 15) is 0 Å². The van der Waals surface area contributed by atoms with Crippen LogP contribution in [0.2, 0.25) is 0 Å². The van der Waals surface area contributed by atoms with E-state index in [1.165, 1.54) is 0 Å². The summed E-state index contributed by atoms with van der Waals surface area (Å²) in [5, 5.41) is 3.87. The van der Waals surface area contributed by atoms with Gasteiger partial charge in [-0.15, -0.1) is 0 Å². The maximum atomic E-state index is 5.16. The van der Waals surface area contributed by atoms with Gasteiger partial charge in [0.15, 0.2) is 5.82 Å². The molecule has 3 heteroatoms. The first-order chi connectivity index (χ1) is 6.81. The summed E-state index contributed by atoms with van der Waals surface area (Å²) in [6, 6.07) is 7.99. The molecule has 2 rings (SSSR count). The van der Waals surface area contributed by atoms with Crippen molar-refractivity contribution in [1.29, 1.82) is 0 Å². The van der Waals surface area contributed by atoms with Gasteiger partial charge in [0.1, 0.15) is 0 Å². The fraction of sp³-hybridized carbons (Fsp3) is 0.273. The quantitative estimate of drug-likeness (QED) is 0.727. The number of aryl methyl sites for hydroxylation is 2. The second-order valence-corrected chi connectivity index (χ2v) is 3.18. The first-order valence-corrected chi connectivity index (χ1v) is 4.70. The highest BCUT2D eigenvalue weighted by Crippen LogP contribution is 2.20. The maximum Gasteiger partial charge on any atom is 0.258 e. The van der Waals surface area contributed by atoms with Gasteiger partial charge in [0, 0.05) is 12.0 Å². The summed E-state index contributed by atoms with van der Waals surface area (Å²) in [6.07, 6.45) is 0.801. The van der Waals surface area contributed by atoms with Gasteiger partial charge in [0.25, 0.3) is 5.89 Å². The fourth-order valence-corrected chi connectivity index (χ4v) is 1.32. The molecule has 0 saturated carbocycles. The monoisotopic (exact) mass is 188 g/mol. The third-order valence-corrected chi connectivity index (χ3v) is 2.16. The Morgan fingerprint density at radius 1 is 1.29 bits per heavy atom. The van der Waals surface area contributed by atoms with E-state index in [1.54, 1.807) is 0 Å². The summed E-state index contributed by atoms with van der Waals surface area (Å²) in [6.45, 7) is 4.04. The molecule has 0 N–H and O–H groups in total. The lowest BCUT2D eigenvalue weighted by Crippen LogP contribution is -1.84. The predicted molar refractivity (Wildman–Crippen MR) is 53.8 cm³/mol. The number of benzene rings is 1. The Kier molecular flexibility index (Phi) is 2.31. The molecule has 0 aliphatic rings. The van der Waals surface area contributed by atoms with Crippen LogP contribution in [0.1, 0.15) is 18.3 Å². The fourth-order valence-electron chi connectivity index (χ4n) is 1.32. The first-order valence-electron chi connectivity index (χ1n) is 4.70. The lowest BCUT2D eigenvalue weighted by atomic mass is 10.1. The smallest absolute Gasteiger partial charge is 0.258 e. The molecule has 1 aromatic heterocycles. The van der Waals surface area contributed by atoms with Crippen LogP contribution < -0.4 is 0 Å². The van der Waals surface area contributed by atoms with Crippen molar-refractivity contribution in [3.05, 3.63) is 35.7 Å². The number of hydrogen-bond acceptors (Lipinski definition) is 3. The molecular weight excluding hydrogens is 176 g/mol. The average Bonchev–Trinajstić information content (AvgIpc) is 2.67. The highest BCUT2D eigenvalue weighted by atomic mass is 16.5. The summed E-state index contributed by atoms with van der Waals surface area (Å²) in [7, 11) is 0. The molecule has 0 amide bonds. The Balaban J connectivity index is 2.44. The number of rotatable bonds is 2. The van der Waals surface area contributed by atoms with E-state index in [2.05, 4.69) is 10.1 Å². The summed E-state index contributed by atoms with van der Waals surface area (Å²) in [5.74, 6) is 1.36. The molecule has 0 fully saturated rings. The van der Waals surface area contributed by atoms with E-state index in [0.717, 1.165) is 23.4 Å². The molecule has 2 aromatic rings. The second kappa shape index (κ2) is 3.62. The van der Waals surface area contributed by atoms with Gasteiger partial charge in [-0.2, -0.15) is 4.98 Å². The van der Waals surface area contributed by atoms with E-state index in [1.807, 2.05) is 38.1 Å². The largest absolute Gasteiger partial charge is 0.334 e. The van der Waals surface area contributed by atoms with Gasteiger partial charge < -0.3 is 4.52 Å². The van der Waals surface area contributed by atoms with Crippen LogP contribution >= 0.6 is 0 Å². The van der Waals surface area contributed by atoms with Crippen LogP contribution in [-0.4, -0.2) is 10.1 Å². The summed E-state index contributed by atoms with van der Waals surface area (Å²) in [5.41, 5.74) is 2.17. The highest BCUT2D eigenvalue weighted by molar-refractivity contribution is 5.57. The Morgan fingerprint density at radius 3 is 2.71 bits per heavy atom. The minimum atomic E-state index is 0.611. The highest BCUT2D eigenvalue weighted by Gasteiger charge is 2.08. The molecule has 0 atom stereocenters. The molecule has 0 unspecified atom stereocenters. The number of hydrogen-bond donors (Lipinski definition) is 0. The molecule has 0 spiro atoms. The third kappa shape index (κ3) is 1.53. The van der Waals surface area contributed by atoms with Gasteiger partial charge in [0.05, 0.1) is 0 Å². The standard InChI is InChI=1S/C11H12N2O/c1-3-10-12-11(14-13-10)9-7-5-4-6-8(9)2/h4-7H,3H2,1-2H3. The topological polar surface area (TPSA) is 38.9 Å². The van der Waals surface area contributed by atoms with Crippen LogP contribution in [0.15, 0.2) is 28.8 Å². The third-order valence-electron chi connectivity index (χ3n) is 2.16. The van der Waals surface area contributed by atoms with Crippen LogP contribution in [0, 0.1) is 6.92 Å². The molecule has 0 saturated heterocycles. The maximum absolute atomic E-state index is 5.16. The predicted octanol–water partition coefficient (Wildman–Crippen LogP) is 2.61. The van der Waals surface area contributed by atoms with E-state index in [0.29, 0.717) is 5.89 Å². The zero-order chi connectivity index (χ0) is 9.97. The molecule has 1 aromatic carbocycles. The van der Waals surface area contributed by atoms with Gasteiger partial charge in [0.2, 0.25) is 0 Å². The van der Waals surface area contributed by atoms with Crippen LogP contribution in [0.5, 0.6) is 0 Å². The molecule has 3 nitrogen and oxygen atoms in total. The van der Waals surface area contributed by atoms with Crippen LogP contribution in [0.3, 0.4) is 0 Å². The van der Waals surface area contributed by atoms with Gasteiger partial charge in [-0.3, -0.25) is 0 Å². The normalized spacial score (nSPS) is 10.4. The summed E-state index contributed by atoms with van der Waals surface area (Å²) in [4.78, 5) is 4.28. The number of aromatic nitrogens is 2. The molecule has 0 aliphatic heterocycles. The van der Waals surface area contributed by atoms with Crippen molar-refractivity contribution >= 4 is 0 Å². The zero-order valence-corrected chi connectivity index (χ0v) is 8.32. The molecular formula is C11H12N2O. The van der Waals surface area contributed by atoms with Crippen LogP contribution in [-0.2, 0) is 6.42 Å². The molecule has 0 bridgehead atoms. The van der Waals surface area contributed by atoms with Crippen molar-refractivity contribution in [2.45, 2.75) is 20.3 Å². The lowest BCUT2D eigenvalue weighted by molar-refractivity contribution is 0.423. The molecule has 1 heterocycles. The van der Waals surface area contributed by atoms with Crippen molar-refractivity contribution in [2.75, 3.05) is 0 Å². The Labute approximate surface area is 82.8 Å². The van der Waals surface area contributed by atoms with Gasteiger partial charge in [-0.25, -0.2) is 0 Å². The summed E-state index contributed by atoms with van der Waals surface area (Å²) < 4.78 is 5.16. The van der Waals surface area contributed by atoms with E-state index < -0.39 is 0 Å². The van der Waals surface area contributed by atoms with E-state index in [4.69, 9.17) is 4.52 Å². The summed E-state index contributed by atoms with van der Waals surface area (Å²) >= 11 is 0. The molecule has 14 heavy (non-hydrogen) atoms. The van der Waals surface area contributed by atoms with Crippen LogP contribution in [0.25, 0.3) is 11.5 Å². The van der Waals surface area contributed by atoms with Crippen molar-refractivity contribution < 1.29 is 4.52 Å². The van der Waals surface area contributed by atoms with Gasteiger partial charge >= 0.3 is 0 Å². The van der Waals surface area contributed by atoms with E-state index >= 15 is 0 Å². The van der Waals surface area contributed by atoms with Gasteiger partial charge in [-0.05, 0) is 18.6 Å². The Hall–Kier alpha value is -1.64. The Morgan fingerprint density at radius 2 is 2.07 bits per heavy atom. The van der Waals surface area contributed by atoms with E-state index in [-0.39, 0.29) is 0 Å².